The minimum absolute atomic E-state index is 0.0390. The van der Waals surface area contributed by atoms with Crippen LogP contribution >= 0.6 is 0 Å². The molecule has 7 nitrogen and oxygen atoms in total. The summed E-state index contributed by atoms with van der Waals surface area (Å²) < 4.78 is 12.1. The first-order valence-corrected chi connectivity index (χ1v) is 9.41. The van der Waals surface area contributed by atoms with Crippen molar-refractivity contribution in [1.82, 2.24) is 14.7 Å². The van der Waals surface area contributed by atoms with E-state index in [9.17, 15) is 4.79 Å². The predicted octanol–water partition coefficient (Wildman–Crippen LogP) is 3.64. The second-order valence-corrected chi connectivity index (χ2v) is 6.73. The van der Waals surface area contributed by atoms with Gasteiger partial charge < -0.3 is 8.94 Å². The third-order valence-electron chi connectivity index (χ3n) is 4.76. The number of rotatable bonds is 5. The standard InChI is InChI=1S/C20H22N4O3/c25-19(12-11-18-22-20(23-27-18)16-9-6-14-26-16)24-13-5-4-10-17(24)21-15-7-2-1-3-8-15/h4-6,9-10,13-15H,1-3,7-8,11-12H2. The van der Waals surface area contributed by atoms with E-state index in [4.69, 9.17) is 13.9 Å². The molecule has 0 saturated heterocycles. The number of hydrogen-bond acceptors (Lipinski definition) is 6. The van der Waals surface area contributed by atoms with Crippen LogP contribution in [0.2, 0.25) is 0 Å². The number of nitrogens with zero attached hydrogens (tertiary/aromatic N) is 4. The van der Waals surface area contributed by atoms with Gasteiger partial charge in [0.25, 0.3) is 0 Å². The average molecular weight is 366 g/mol. The Bertz CT molecular complexity index is 950. The van der Waals surface area contributed by atoms with E-state index in [1.54, 1.807) is 29.2 Å². The van der Waals surface area contributed by atoms with E-state index in [0.29, 0.717) is 29.9 Å². The van der Waals surface area contributed by atoms with Gasteiger partial charge in [0.05, 0.1) is 12.3 Å². The molecule has 7 heteroatoms. The summed E-state index contributed by atoms with van der Waals surface area (Å²) in [5, 5.41) is 3.89. The van der Waals surface area contributed by atoms with Crippen LogP contribution in [0.4, 0.5) is 0 Å². The van der Waals surface area contributed by atoms with Crippen molar-refractivity contribution >= 4 is 5.91 Å². The van der Waals surface area contributed by atoms with Gasteiger partial charge in [0.15, 0.2) is 5.76 Å². The van der Waals surface area contributed by atoms with Gasteiger partial charge in [-0.1, -0.05) is 30.5 Å². The van der Waals surface area contributed by atoms with E-state index < -0.39 is 0 Å². The maximum absolute atomic E-state index is 12.7. The molecule has 1 aliphatic carbocycles. The zero-order chi connectivity index (χ0) is 18.5. The van der Waals surface area contributed by atoms with Gasteiger partial charge in [-0.15, -0.1) is 0 Å². The molecular formula is C20H22N4O3. The zero-order valence-electron chi connectivity index (χ0n) is 15.1. The maximum atomic E-state index is 12.7. The number of pyridine rings is 1. The van der Waals surface area contributed by atoms with Crippen molar-refractivity contribution in [3.63, 3.8) is 0 Å². The summed E-state index contributed by atoms with van der Waals surface area (Å²) in [6.07, 6.45) is 9.86. The first-order chi connectivity index (χ1) is 13.3. The second kappa shape index (κ2) is 8.16. The van der Waals surface area contributed by atoms with Gasteiger partial charge in [-0.2, -0.15) is 4.98 Å². The highest BCUT2D eigenvalue weighted by molar-refractivity contribution is 5.78. The van der Waals surface area contributed by atoms with Crippen molar-refractivity contribution in [3.8, 4) is 11.6 Å². The molecule has 0 N–H and O–H groups in total. The van der Waals surface area contributed by atoms with Crippen molar-refractivity contribution in [1.29, 1.82) is 0 Å². The van der Waals surface area contributed by atoms with Crippen LogP contribution in [0.3, 0.4) is 0 Å². The van der Waals surface area contributed by atoms with Gasteiger partial charge in [-0.25, -0.2) is 0 Å². The van der Waals surface area contributed by atoms with E-state index in [2.05, 4.69) is 10.1 Å². The fraction of sp³-hybridized carbons (Fsp3) is 0.400. The minimum atomic E-state index is -0.0390. The van der Waals surface area contributed by atoms with Crippen molar-refractivity contribution < 1.29 is 13.7 Å². The van der Waals surface area contributed by atoms with Crippen molar-refractivity contribution in [2.75, 3.05) is 0 Å². The number of carbonyl (C=O) groups excluding carboxylic acids is 1. The Balaban J connectivity index is 1.45. The lowest BCUT2D eigenvalue weighted by atomic mass is 9.96. The van der Waals surface area contributed by atoms with Crippen LogP contribution in [0, 0.1) is 0 Å². The normalized spacial score (nSPS) is 15.9. The van der Waals surface area contributed by atoms with Gasteiger partial charge in [0.1, 0.15) is 5.49 Å². The van der Waals surface area contributed by atoms with Crippen LogP contribution in [0.1, 0.15) is 49.2 Å². The van der Waals surface area contributed by atoms with E-state index in [-0.39, 0.29) is 12.3 Å². The van der Waals surface area contributed by atoms with Gasteiger partial charge in [-0.05, 0) is 37.1 Å². The maximum Gasteiger partial charge on any atom is 0.238 e. The molecule has 0 spiro atoms. The Hall–Kier alpha value is -2.96. The predicted molar refractivity (Wildman–Crippen MR) is 97.8 cm³/mol. The number of aromatic nitrogens is 3. The molecule has 1 aliphatic rings. The van der Waals surface area contributed by atoms with Crippen molar-refractivity contribution in [3.05, 3.63) is 54.2 Å². The molecule has 27 heavy (non-hydrogen) atoms. The largest absolute Gasteiger partial charge is 0.461 e. The molecular weight excluding hydrogens is 344 g/mol. The quantitative estimate of drug-likeness (QED) is 0.688. The lowest BCUT2D eigenvalue weighted by Gasteiger charge is -2.17. The monoisotopic (exact) mass is 366 g/mol. The zero-order valence-corrected chi connectivity index (χ0v) is 15.1. The van der Waals surface area contributed by atoms with Crippen LogP contribution in [-0.2, 0) is 6.42 Å². The summed E-state index contributed by atoms with van der Waals surface area (Å²) in [6, 6.07) is 9.50. The molecule has 0 radical (unpaired) electrons. The SMILES string of the molecule is O=C(CCc1nc(-c2ccco2)no1)n1ccccc1=NC1CCCCC1. The summed E-state index contributed by atoms with van der Waals surface area (Å²) in [6.45, 7) is 0. The molecule has 0 bridgehead atoms. The molecule has 3 aromatic rings. The average Bonchev–Trinajstić information content (AvgIpc) is 3.39. The Morgan fingerprint density at radius 3 is 2.89 bits per heavy atom. The molecule has 1 saturated carbocycles. The van der Waals surface area contributed by atoms with Crippen molar-refractivity contribution in [2.45, 2.75) is 51.0 Å². The third-order valence-corrected chi connectivity index (χ3v) is 4.76. The molecule has 140 valence electrons. The van der Waals surface area contributed by atoms with Crippen LogP contribution in [0.5, 0.6) is 0 Å². The van der Waals surface area contributed by atoms with Gasteiger partial charge in [0, 0.05) is 19.0 Å². The molecule has 0 aliphatic heterocycles. The van der Waals surface area contributed by atoms with E-state index in [1.165, 1.54) is 19.3 Å². The highest BCUT2D eigenvalue weighted by Gasteiger charge is 2.15. The summed E-state index contributed by atoms with van der Waals surface area (Å²) in [5.74, 6) is 1.31. The highest BCUT2D eigenvalue weighted by Crippen LogP contribution is 2.19. The van der Waals surface area contributed by atoms with Gasteiger partial charge >= 0.3 is 0 Å². The molecule has 1 fully saturated rings. The van der Waals surface area contributed by atoms with Crippen LogP contribution in [0.25, 0.3) is 11.6 Å². The lowest BCUT2D eigenvalue weighted by molar-refractivity contribution is 0.0893. The highest BCUT2D eigenvalue weighted by atomic mass is 16.5. The Labute approximate surface area is 156 Å². The first-order valence-electron chi connectivity index (χ1n) is 9.41. The third kappa shape index (κ3) is 4.24. The molecule has 0 amide bonds. The molecule has 3 aromatic heterocycles. The topological polar surface area (TPSA) is 86.4 Å². The number of carbonyl (C=O) groups is 1. The fourth-order valence-corrected chi connectivity index (χ4v) is 3.34. The molecule has 3 heterocycles. The summed E-state index contributed by atoms with van der Waals surface area (Å²) in [7, 11) is 0. The number of aryl methyl sites for hydroxylation is 1. The summed E-state index contributed by atoms with van der Waals surface area (Å²) in [5.41, 5.74) is 0.719. The Kier molecular flexibility index (Phi) is 5.27. The van der Waals surface area contributed by atoms with Gasteiger partial charge in [0.2, 0.25) is 17.6 Å². The lowest BCUT2D eigenvalue weighted by Crippen LogP contribution is -2.29. The molecule has 4 rings (SSSR count). The van der Waals surface area contributed by atoms with E-state index >= 15 is 0 Å². The summed E-state index contributed by atoms with van der Waals surface area (Å²) >= 11 is 0. The Morgan fingerprint density at radius 2 is 2.07 bits per heavy atom. The van der Waals surface area contributed by atoms with Crippen LogP contribution in [0.15, 0.2) is 56.7 Å². The van der Waals surface area contributed by atoms with E-state index in [0.717, 1.165) is 18.3 Å². The van der Waals surface area contributed by atoms with Crippen LogP contribution < -0.4 is 5.49 Å². The fourth-order valence-electron chi connectivity index (χ4n) is 3.34. The Morgan fingerprint density at radius 1 is 1.19 bits per heavy atom. The number of furan rings is 1. The van der Waals surface area contributed by atoms with Crippen molar-refractivity contribution in [2.24, 2.45) is 4.99 Å². The molecule has 0 atom stereocenters. The van der Waals surface area contributed by atoms with Crippen LogP contribution in [-0.4, -0.2) is 26.7 Å². The second-order valence-electron chi connectivity index (χ2n) is 6.73. The number of hydrogen-bond donors (Lipinski definition) is 0. The summed E-state index contributed by atoms with van der Waals surface area (Å²) in [4.78, 5) is 21.8. The molecule has 0 aromatic carbocycles. The van der Waals surface area contributed by atoms with E-state index in [1.807, 2.05) is 18.2 Å². The smallest absolute Gasteiger partial charge is 0.238 e. The van der Waals surface area contributed by atoms with Gasteiger partial charge in [-0.3, -0.25) is 14.4 Å². The molecule has 0 unspecified atom stereocenters. The minimum Gasteiger partial charge on any atom is -0.461 e. The first kappa shape index (κ1) is 17.5.